The lowest BCUT2D eigenvalue weighted by Crippen LogP contribution is -2.30. The summed E-state index contributed by atoms with van der Waals surface area (Å²) in [7, 11) is -3.41. The van der Waals surface area contributed by atoms with Crippen molar-refractivity contribution in [2.45, 2.75) is 6.04 Å². The van der Waals surface area contributed by atoms with E-state index in [0.717, 1.165) is 21.7 Å². The lowest BCUT2D eigenvalue weighted by Gasteiger charge is -2.28. The van der Waals surface area contributed by atoms with E-state index in [1.54, 1.807) is 18.2 Å². The lowest BCUT2D eigenvalue weighted by molar-refractivity contribution is 0.466. The van der Waals surface area contributed by atoms with Crippen LogP contribution in [0.5, 0.6) is 0 Å². The first-order valence-electron chi connectivity index (χ1n) is 4.69. The zero-order valence-corrected chi connectivity index (χ0v) is 9.48. The Hall–Kier alpha value is -1.80. The van der Waals surface area contributed by atoms with Gasteiger partial charge in [-0.15, -0.1) is 0 Å². The van der Waals surface area contributed by atoms with E-state index < -0.39 is 16.1 Å². The zero-order valence-electron chi connectivity index (χ0n) is 8.66. The van der Waals surface area contributed by atoms with Gasteiger partial charge in [-0.1, -0.05) is 24.3 Å². The molecule has 1 aromatic carbocycles. The fourth-order valence-electron chi connectivity index (χ4n) is 1.72. The van der Waals surface area contributed by atoms with Crippen LogP contribution in [0, 0.1) is 11.3 Å². The number of nitrogens with zero attached hydrogens (tertiary/aromatic N) is 2. The second-order valence-electron chi connectivity index (χ2n) is 3.57. The van der Waals surface area contributed by atoms with Crippen molar-refractivity contribution < 1.29 is 8.42 Å². The van der Waals surface area contributed by atoms with Crippen molar-refractivity contribution in [2.24, 2.45) is 0 Å². The number of fused-ring (bicyclic) bond motifs is 1. The molecule has 82 valence electrons. The first-order chi connectivity index (χ1) is 7.54. The van der Waals surface area contributed by atoms with E-state index in [1.807, 2.05) is 18.2 Å². The molecule has 1 heterocycles. The van der Waals surface area contributed by atoms with Crippen molar-refractivity contribution >= 4 is 16.1 Å². The van der Waals surface area contributed by atoms with E-state index in [4.69, 9.17) is 5.26 Å². The molecular formula is C11H10N2O2S. The highest BCUT2D eigenvalue weighted by atomic mass is 32.2. The molecule has 0 aromatic heterocycles. The Labute approximate surface area is 94.5 Å². The molecule has 4 nitrogen and oxygen atoms in total. The van der Waals surface area contributed by atoms with Crippen LogP contribution in [-0.2, 0) is 10.0 Å². The zero-order chi connectivity index (χ0) is 11.8. The second kappa shape index (κ2) is 3.65. The first-order valence-corrected chi connectivity index (χ1v) is 6.54. The summed E-state index contributed by atoms with van der Waals surface area (Å²) in [6, 6.07) is 8.52. The Morgan fingerprint density at radius 2 is 2.06 bits per heavy atom. The summed E-state index contributed by atoms with van der Waals surface area (Å²) in [5.74, 6) is 0. The molecule has 0 N–H and O–H groups in total. The number of hydrogen-bond acceptors (Lipinski definition) is 3. The second-order valence-corrected chi connectivity index (χ2v) is 5.46. The number of rotatable bonds is 1. The van der Waals surface area contributed by atoms with Gasteiger partial charge in [-0.05, 0) is 17.2 Å². The smallest absolute Gasteiger partial charge is 0.233 e. The van der Waals surface area contributed by atoms with Gasteiger partial charge in [0.25, 0.3) is 0 Å². The predicted molar refractivity (Wildman–Crippen MR) is 60.5 cm³/mol. The Bertz CT molecular complexity index is 584. The van der Waals surface area contributed by atoms with Crippen LogP contribution < -0.4 is 0 Å². The molecule has 2 rings (SSSR count). The number of hydrogen-bond donors (Lipinski definition) is 0. The van der Waals surface area contributed by atoms with Gasteiger partial charge in [-0.2, -0.15) is 5.26 Å². The molecule has 0 saturated heterocycles. The van der Waals surface area contributed by atoms with Crippen molar-refractivity contribution in [3.8, 4) is 6.07 Å². The minimum absolute atomic E-state index is 0.720. The standard InChI is InChI=1S/C11H10N2O2S/c1-16(14,15)13-7-6-9-4-2-3-5-10(9)11(13)8-12/h2-7,11H,1H3. The SMILES string of the molecule is CS(=O)(=O)N1C=Cc2ccccc2C1C#N. The minimum atomic E-state index is -3.41. The van der Waals surface area contributed by atoms with E-state index in [-0.39, 0.29) is 0 Å². The van der Waals surface area contributed by atoms with Crippen molar-refractivity contribution in [1.29, 1.82) is 5.26 Å². The highest BCUT2D eigenvalue weighted by Gasteiger charge is 2.28. The average molecular weight is 234 g/mol. The van der Waals surface area contributed by atoms with Crippen molar-refractivity contribution in [3.63, 3.8) is 0 Å². The maximum atomic E-state index is 11.5. The summed E-state index contributed by atoms with van der Waals surface area (Å²) in [6.07, 6.45) is 4.23. The molecule has 0 saturated carbocycles. The predicted octanol–water partition coefficient (Wildman–Crippen LogP) is 1.50. The van der Waals surface area contributed by atoms with E-state index >= 15 is 0 Å². The molecule has 1 aliphatic rings. The molecule has 0 spiro atoms. The van der Waals surface area contributed by atoms with Crippen LogP contribution in [-0.4, -0.2) is 19.0 Å². The summed E-state index contributed by atoms with van der Waals surface area (Å²) in [5, 5.41) is 9.08. The van der Waals surface area contributed by atoms with Gasteiger partial charge in [-0.3, -0.25) is 4.31 Å². The molecule has 1 atom stereocenters. The van der Waals surface area contributed by atoms with Gasteiger partial charge in [0.1, 0.15) is 0 Å². The van der Waals surface area contributed by atoms with Crippen LogP contribution in [0.4, 0.5) is 0 Å². The summed E-state index contributed by atoms with van der Waals surface area (Å²) in [4.78, 5) is 0. The molecule has 1 unspecified atom stereocenters. The third kappa shape index (κ3) is 1.68. The molecule has 0 fully saturated rings. The lowest BCUT2D eigenvalue weighted by atomic mass is 9.99. The Morgan fingerprint density at radius 3 is 2.69 bits per heavy atom. The maximum Gasteiger partial charge on any atom is 0.233 e. The van der Waals surface area contributed by atoms with Gasteiger partial charge in [0, 0.05) is 6.20 Å². The van der Waals surface area contributed by atoms with E-state index in [1.165, 1.54) is 6.20 Å². The monoisotopic (exact) mass is 234 g/mol. The van der Waals surface area contributed by atoms with Crippen molar-refractivity contribution in [1.82, 2.24) is 4.31 Å². The molecule has 1 aromatic rings. The van der Waals surface area contributed by atoms with Gasteiger partial charge in [0.05, 0.1) is 12.3 Å². The molecule has 0 bridgehead atoms. The van der Waals surface area contributed by atoms with Gasteiger partial charge in [-0.25, -0.2) is 8.42 Å². The summed E-state index contributed by atoms with van der Waals surface area (Å²) in [5.41, 5.74) is 1.60. The largest absolute Gasteiger partial charge is 0.256 e. The highest BCUT2D eigenvalue weighted by molar-refractivity contribution is 7.88. The van der Waals surface area contributed by atoms with Gasteiger partial charge >= 0.3 is 0 Å². The van der Waals surface area contributed by atoms with E-state index in [2.05, 4.69) is 0 Å². The van der Waals surface area contributed by atoms with Gasteiger partial charge in [0.15, 0.2) is 6.04 Å². The molecule has 1 aliphatic heterocycles. The number of benzene rings is 1. The third-order valence-corrected chi connectivity index (χ3v) is 3.55. The molecule has 0 radical (unpaired) electrons. The summed E-state index contributed by atoms with van der Waals surface area (Å²) >= 11 is 0. The maximum absolute atomic E-state index is 11.5. The molecule has 0 aliphatic carbocycles. The fourth-order valence-corrected chi connectivity index (χ4v) is 2.54. The van der Waals surface area contributed by atoms with Gasteiger partial charge in [0.2, 0.25) is 10.0 Å². The van der Waals surface area contributed by atoms with Crippen molar-refractivity contribution in [2.75, 3.05) is 6.26 Å². The fraction of sp³-hybridized carbons (Fsp3) is 0.182. The minimum Gasteiger partial charge on any atom is -0.256 e. The van der Waals surface area contributed by atoms with E-state index in [9.17, 15) is 8.42 Å². The molecule has 0 amide bonds. The average Bonchev–Trinajstić information content (AvgIpc) is 2.26. The van der Waals surface area contributed by atoms with Crippen LogP contribution in [0.15, 0.2) is 30.5 Å². The quantitative estimate of drug-likeness (QED) is 0.739. The first kappa shape index (κ1) is 10.7. The van der Waals surface area contributed by atoms with Crippen LogP contribution in [0.25, 0.3) is 6.08 Å². The van der Waals surface area contributed by atoms with Crippen molar-refractivity contribution in [3.05, 3.63) is 41.6 Å². The number of nitriles is 1. The summed E-state index contributed by atoms with van der Waals surface area (Å²) in [6.45, 7) is 0. The van der Waals surface area contributed by atoms with E-state index in [0.29, 0.717) is 0 Å². The molecular weight excluding hydrogens is 224 g/mol. The van der Waals surface area contributed by atoms with Crippen LogP contribution in [0.3, 0.4) is 0 Å². The normalized spacial score (nSPS) is 19.0. The number of sulfonamides is 1. The topological polar surface area (TPSA) is 61.2 Å². The highest BCUT2D eigenvalue weighted by Crippen LogP contribution is 2.31. The molecule has 5 heteroatoms. The van der Waals surface area contributed by atoms with Crippen LogP contribution in [0.1, 0.15) is 17.2 Å². The summed E-state index contributed by atoms with van der Waals surface area (Å²) < 4.78 is 24.1. The third-order valence-electron chi connectivity index (χ3n) is 2.45. The van der Waals surface area contributed by atoms with Gasteiger partial charge < -0.3 is 0 Å². The Morgan fingerprint density at radius 1 is 1.38 bits per heavy atom. The molecule has 16 heavy (non-hydrogen) atoms. The van der Waals surface area contributed by atoms with Crippen LogP contribution >= 0.6 is 0 Å². The Kier molecular flexibility index (Phi) is 2.44. The Balaban J connectivity index is 2.58. The van der Waals surface area contributed by atoms with Crippen LogP contribution in [0.2, 0.25) is 0 Å².